The van der Waals surface area contributed by atoms with Gasteiger partial charge in [-0.05, 0) is 27.7 Å². The van der Waals surface area contributed by atoms with Crippen molar-refractivity contribution in [1.29, 1.82) is 0 Å². The average molecular weight is 260 g/mol. The third-order valence-electron chi connectivity index (χ3n) is 1.84. The number of carbonyl (C=O) groups is 2. The first-order valence-corrected chi connectivity index (χ1v) is 5.76. The second kappa shape index (κ2) is 8.66. The van der Waals surface area contributed by atoms with Crippen LogP contribution in [-0.2, 0) is 28.5 Å². The van der Waals surface area contributed by atoms with Crippen LogP contribution < -0.4 is 0 Å². The average Bonchev–Trinajstić information content (AvgIpc) is 2.28. The minimum atomic E-state index is -0.871. The quantitative estimate of drug-likeness (QED) is 0.216. The summed E-state index contributed by atoms with van der Waals surface area (Å²) in [7, 11) is 0. The minimum absolute atomic E-state index is 0.395. The molecule has 104 valence electrons. The molecule has 0 spiro atoms. The lowest BCUT2D eigenvalue weighted by Gasteiger charge is -2.15. The molecule has 0 radical (unpaired) electrons. The lowest BCUT2D eigenvalue weighted by Crippen LogP contribution is -2.26. The maximum Gasteiger partial charge on any atom is 0.347 e. The van der Waals surface area contributed by atoms with Crippen LogP contribution in [-0.4, -0.2) is 37.7 Å². The molecule has 6 nitrogen and oxygen atoms in total. The van der Waals surface area contributed by atoms with Crippen LogP contribution in [0, 0.1) is 0 Å². The number of esters is 2. The van der Waals surface area contributed by atoms with E-state index in [2.05, 4.69) is 6.58 Å². The number of carbonyl (C=O) groups excluding carboxylic acids is 2. The van der Waals surface area contributed by atoms with Gasteiger partial charge in [0.1, 0.15) is 5.57 Å². The molecule has 0 aliphatic heterocycles. The van der Waals surface area contributed by atoms with Crippen molar-refractivity contribution >= 4 is 11.9 Å². The number of hydrogen-bond donors (Lipinski definition) is 0. The summed E-state index contributed by atoms with van der Waals surface area (Å²) in [5, 5.41) is 0. The highest BCUT2D eigenvalue weighted by Gasteiger charge is 2.22. The summed E-state index contributed by atoms with van der Waals surface area (Å²) in [6.45, 7) is 10.7. The fourth-order valence-corrected chi connectivity index (χ4v) is 1.06. The Bertz CT molecular complexity index is 271. The Morgan fingerprint density at radius 3 is 1.56 bits per heavy atom. The first-order chi connectivity index (χ1) is 8.42. The molecule has 0 N–H and O–H groups in total. The van der Waals surface area contributed by atoms with Crippen molar-refractivity contribution in [2.45, 2.75) is 40.3 Å². The van der Waals surface area contributed by atoms with Gasteiger partial charge in [0.2, 0.25) is 0 Å². The van der Waals surface area contributed by atoms with Crippen LogP contribution in [0.2, 0.25) is 0 Å². The zero-order chi connectivity index (χ0) is 14.1. The molecule has 0 aliphatic rings. The molecular formula is C12H20O6. The predicted octanol–water partition coefficient (Wildman–Crippen LogP) is 1.39. The fraction of sp³-hybridized carbons (Fsp3) is 0.667. The highest BCUT2D eigenvalue weighted by Crippen LogP contribution is 2.05. The van der Waals surface area contributed by atoms with Crippen molar-refractivity contribution in [1.82, 2.24) is 0 Å². The molecule has 0 aromatic rings. The van der Waals surface area contributed by atoms with E-state index >= 15 is 0 Å². The van der Waals surface area contributed by atoms with E-state index in [0.717, 1.165) is 0 Å². The third-order valence-corrected chi connectivity index (χ3v) is 1.84. The highest BCUT2D eigenvalue weighted by molar-refractivity contribution is 6.13. The van der Waals surface area contributed by atoms with Crippen molar-refractivity contribution < 1.29 is 28.5 Å². The number of rotatable bonds is 8. The van der Waals surface area contributed by atoms with Crippen molar-refractivity contribution in [3.63, 3.8) is 0 Å². The van der Waals surface area contributed by atoms with Crippen LogP contribution in [0.1, 0.15) is 27.7 Å². The maximum absolute atomic E-state index is 11.5. The zero-order valence-corrected chi connectivity index (χ0v) is 11.2. The third kappa shape index (κ3) is 6.36. The molecule has 0 aromatic carbocycles. The fourth-order valence-electron chi connectivity index (χ4n) is 1.06. The predicted molar refractivity (Wildman–Crippen MR) is 63.5 cm³/mol. The van der Waals surface area contributed by atoms with Gasteiger partial charge in [-0.3, -0.25) is 0 Å². The van der Waals surface area contributed by atoms with E-state index < -0.39 is 30.1 Å². The van der Waals surface area contributed by atoms with Gasteiger partial charge in [-0.1, -0.05) is 6.58 Å². The summed E-state index contributed by atoms with van der Waals surface area (Å²) in [6, 6.07) is 0. The minimum Gasteiger partial charge on any atom is -0.432 e. The van der Waals surface area contributed by atoms with Crippen LogP contribution in [0.4, 0.5) is 0 Å². The Balaban J connectivity index is 4.20. The van der Waals surface area contributed by atoms with E-state index in [9.17, 15) is 9.59 Å². The van der Waals surface area contributed by atoms with Gasteiger partial charge in [0.05, 0.1) is 0 Å². The van der Waals surface area contributed by atoms with Crippen LogP contribution >= 0.6 is 0 Å². The second-order valence-electron chi connectivity index (χ2n) is 3.34. The SMILES string of the molecule is C=C(C(=O)OC(C)OCC)C(=O)OC(C)OCC. The van der Waals surface area contributed by atoms with Crippen LogP contribution in [0.25, 0.3) is 0 Å². The first-order valence-electron chi connectivity index (χ1n) is 5.76. The summed E-state index contributed by atoms with van der Waals surface area (Å²) in [6.07, 6.45) is -1.48. The smallest absolute Gasteiger partial charge is 0.347 e. The standard InChI is InChI=1S/C12H20O6/c1-6-15-9(4)17-11(13)8(3)12(14)18-10(5)16-7-2/h9-10H,3,6-7H2,1-2,4-5H3. The number of ether oxygens (including phenoxy) is 4. The molecule has 6 heteroatoms. The normalized spacial score (nSPS) is 13.6. The molecular weight excluding hydrogens is 240 g/mol. The van der Waals surface area contributed by atoms with Crippen molar-refractivity contribution in [2.24, 2.45) is 0 Å². The first kappa shape index (κ1) is 16.6. The van der Waals surface area contributed by atoms with Gasteiger partial charge < -0.3 is 18.9 Å². The Morgan fingerprint density at radius 1 is 0.944 bits per heavy atom. The maximum atomic E-state index is 11.5. The van der Waals surface area contributed by atoms with Gasteiger partial charge in [-0.15, -0.1) is 0 Å². The lowest BCUT2D eigenvalue weighted by atomic mass is 10.3. The largest absolute Gasteiger partial charge is 0.432 e. The van der Waals surface area contributed by atoms with E-state index in [1.165, 1.54) is 0 Å². The highest BCUT2D eigenvalue weighted by atomic mass is 16.7. The molecule has 2 unspecified atom stereocenters. The molecule has 0 heterocycles. The van der Waals surface area contributed by atoms with Crippen molar-refractivity contribution in [2.75, 3.05) is 13.2 Å². The molecule has 2 atom stereocenters. The Kier molecular flexibility index (Phi) is 7.98. The monoisotopic (exact) mass is 260 g/mol. The van der Waals surface area contributed by atoms with E-state index in [4.69, 9.17) is 18.9 Å². The van der Waals surface area contributed by atoms with Crippen LogP contribution in [0.3, 0.4) is 0 Å². The molecule has 0 saturated carbocycles. The van der Waals surface area contributed by atoms with Crippen LogP contribution in [0.5, 0.6) is 0 Å². The van der Waals surface area contributed by atoms with E-state index in [1.807, 2.05) is 0 Å². The van der Waals surface area contributed by atoms with Gasteiger partial charge >= 0.3 is 11.9 Å². The molecule has 0 amide bonds. The topological polar surface area (TPSA) is 71.1 Å². The molecule has 0 rings (SSSR count). The van der Waals surface area contributed by atoms with Gasteiger partial charge in [0.25, 0.3) is 0 Å². The Hall–Kier alpha value is -1.40. The molecule has 18 heavy (non-hydrogen) atoms. The summed E-state index contributed by atoms with van der Waals surface area (Å²) in [4.78, 5) is 22.9. The molecule has 0 fully saturated rings. The molecule has 0 bridgehead atoms. The van der Waals surface area contributed by atoms with Gasteiger partial charge in [0, 0.05) is 13.2 Å². The summed E-state index contributed by atoms with van der Waals surface area (Å²) in [5.74, 6) is -1.74. The summed E-state index contributed by atoms with van der Waals surface area (Å²) in [5.41, 5.74) is -0.395. The Labute approximate surface area is 107 Å². The van der Waals surface area contributed by atoms with Gasteiger partial charge in [-0.2, -0.15) is 0 Å². The number of hydrogen-bond acceptors (Lipinski definition) is 6. The van der Waals surface area contributed by atoms with E-state index in [1.54, 1.807) is 27.7 Å². The van der Waals surface area contributed by atoms with Gasteiger partial charge in [0.15, 0.2) is 12.6 Å². The zero-order valence-electron chi connectivity index (χ0n) is 11.2. The van der Waals surface area contributed by atoms with Crippen molar-refractivity contribution in [3.05, 3.63) is 12.2 Å². The summed E-state index contributed by atoms with van der Waals surface area (Å²) >= 11 is 0. The lowest BCUT2D eigenvalue weighted by molar-refractivity contribution is -0.177. The molecule has 0 aliphatic carbocycles. The van der Waals surface area contributed by atoms with Crippen molar-refractivity contribution in [3.8, 4) is 0 Å². The molecule has 0 saturated heterocycles. The second-order valence-corrected chi connectivity index (χ2v) is 3.34. The Morgan fingerprint density at radius 2 is 1.28 bits per heavy atom. The summed E-state index contributed by atoms with van der Waals surface area (Å²) < 4.78 is 19.6. The van der Waals surface area contributed by atoms with E-state index in [0.29, 0.717) is 13.2 Å². The van der Waals surface area contributed by atoms with Crippen LogP contribution in [0.15, 0.2) is 12.2 Å². The van der Waals surface area contributed by atoms with Gasteiger partial charge in [-0.25, -0.2) is 9.59 Å². The molecule has 0 aromatic heterocycles. The van der Waals surface area contributed by atoms with E-state index in [-0.39, 0.29) is 0 Å².